The van der Waals surface area contributed by atoms with Crippen molar-refractivity contribution in [2.75, 3.05) is 0 Å². The number of rotatable bonds is 3. The molecule has 4 rings (SSSR count). The highest BCUT2D eigenvalue weighted by atomic mass is 35.5. The van der Waals surface area contributed by atoms with Gasteiger partial charge in [0.15, 0.2) is 0 Å². The average Bonchev–Trinajstić information content (AvgIpc) is 2.67. The number of hydrogen-bond donors (Lipinski definition) is 1. The molecule has 3 nitrogen and oxygen atoms in total. The number of pyridine rings is 1. The predicted octanol–water partition coefficient (Wildman–Crippen LogP) is 5.92. The maximum Gasteiger partial charge on any atom is 0.335 e. The van der Waals surface area contributed by atoms with Crippen LogP contribution in [0.2, 0.25) is 5.02 Å². The minimum absolute atomic E-state index is 0.285. The second kappa shape index (κ2) is 6.62. The van der Waals surface area contributed by atoms with E-state index in [4.69, 9.17) is 16.7 Å². The van der Waals surface area contributed by atoms with Crippen molar-refractivity contribution in [1.82, 2.24) is 4.98 Å². The van der Waals surface area contributed by atoms with E-state index in [-0.39, 0.29) is 5.56 Å². The minimum Gasteiger partial charge on any atom is -0.478 e. The SMILES string of the molecule is O=C(O)c1ccc(-c2ccc(-c3ccnc4cc(Cl)ccc34)cc2)cc1. The first kappa shape index (κ1) is 16.3. The molecular formula is C22H14ClNO2. The van der Waals surface area contributed by atoms with Gasteiger partial charge in [-0.2, -0.15) is 0 Å². The van der Waals surface area contributed by atoms with E-state index < -0.39 is 5.97 Å². The Bertz CT molecular complexity index is 1100. The van der Waals surface area contributed by atoms with Crippen LogP contribution in [0, 0.1) is 0 Å². The molecule has 26 heavy (non-hydrogen) atoms. The van der Waals surface area contributed by atoms with Gasteiger partial charge >= 0.3 is 5.97 Å². The van der Waals surface area contributed by atoms with Crippen LogP contribution in [0.4, 0.5) is 0 Å². The van der Waals surface area contributed by atoms with Crippen molar-refractivity contribution in [1.29, 1.82) is 0 Å². The molecule has 4 heteroatoms. The summed E-state index contributed by atoms with van der Waals surface area (Å²) >= 11 is 6.06. The molecule has 0 spiro atoms. The molecule has 1 N–H and O–H groups in total. The van der Waals surface area contributed by atoms with Crippen LogP contribution in [-0.4, -0.2) is 16.1 Å². The highest BCUT2D eigenvalue weighted by Crippen LogP contribution is 2.30. The van der Waals surface area contributed by atoms with Crippen molar-refractivity contribution in [3.63, 3.8) is 0 Å². The number of carbonyl (C=O) groups is 1. The van der Waals surface area contributed by atoms with Crippen molar-refractivity contribution in [3.05, 3.63) is 89.6 Å². The van der Waals surface area contributed by atoms with Crippen LogP contribution in [0.1, 0.15) is 10.4 Å². The topological polar surface area (TPSA) is 50.2 Å². The van der Waals surface area contributed by atoms with Crippen LogP contribution in [0.3, 0.4) is 0 Å². The average molecular weight is 360 g/mol. The maximum atomic E-state index is 11.0. The Labute approximate surface area is 155 Å². The number of benzene rings is 3. The quantitative estimate of drug-likeness (QED) is 0.494. The number of hydrogen-bond acceptors (Lipinski definition) is 2. The first-order valence-electron chi connectivity index (χ1n) is 8.10. The molecule has 0 saturated heterocycles. The van der Waals surface area contributed by atoms with E-state index in [1.807, 2.05) is 48.5 Å². The Kier molecular flexibility index (Phi) is 4.15. The molecule has 0 saturated carbocycles. The maximum absolute atomic E-state index is 11.0. The lowest BCUT2D eigenvalue weighted by molar-refractivity contribution is 0.0697. The number of aromatic nitrogens is 1. The molecule has 3 aromatic carbocycles. The van der Waals surface area contributed by atoms with Gasteiger partial charge < -0.3 is 5.11 Å². The van der Waals surface area contributed by atoms with Gasteiger partial charge in [-0.25, -0.2) is 4.79 Å². The first-order chi connectivity index (χ1) is 12.6. The number of carboxylic acids is 1. The van der Waals surface area contributed by atoms with Gasteiger partial charge in [0.1, 0.15) is 0 Å². The Morgan fingerprint density at radius 1 is 0.808 bits per heavy atom. The monoisotopic (exact) mass is 359 g/mol. The molecule has 0 unspecified atom stereocenters. The molecule has 0 amide bonds. The zero-order valence-electron chi connectivity index (χ0n) is 13.7. The molecule has 1 heterocycles. The molecule has 0 aliphatic carbocycles. The van der Waals surface area contributed by atoms with E-state index in [0.29, 0.717) is 5.02 Å². The predicted molar refractivity (Wildman–Crippen MR) is 105 cm³/mol. The summed E-state index contributed by atoms with van der Waals surface area (Å²) in [5, 5.41) is 10.7. The van der Waals surface area contributed by atoms with E-state index >= 15 is 0 Å². The molecule has 4 aromatic rings. The van der Waals surface area contributed by atoms with Crippen molar-refractivity contribution >= 4 is 28.5 Å². The minimum atomic E-state index is -0.920. The highest BCUT2D eigenvalue weighted by molar-refractivity contribution is 6.31. The van der Waals surface area contributed by atoms with Crippen LogP contribution in [0.5, 0.6) is 0 Å². The summed E-state index contributed by atoms with van der Waals surface area (Å²) in [6, 6.07) is 22.8. The number of fused-ring (bicyclic) bond motifs is 1. The van der Waals surface area contributed by atoms with Crippen molar-refractivity contribution in [2.24, 2.45) is 0 Å². The summed E-state index contributed by atoms with van der Waals surface area (Å²) in [5.41, 5.74) is 5.35. The molecule has 0 radical (unpaired) electrons. The summed E-state index contributed by atoms with van der Waals surface area (Å²) in [7, 11) is 0. The smallest absolute Gasteiger partial charge is 0.335 e. The van der Waals surface area contributed by atoms with Crippen LogP contribution < -0.4 is 0 Å². The normalized spacial score (nSPS) is 10.8. The Morgan fingerprint density at radius 3 is 2.08 bits per heavy atom. The van der Waals surface area contributed by atoms with Crippen LogP contribution >= 0.6 is 11.6 Å². The van der Waals surface area contributed by atoms with E-state index in [2.05, 4.69) is 17.1 Å². The van der Waals surface area contributed by atoms with Gasteiger partial charge in [0.05, 0.1) is 11.1 Å². The van der Waals surface area contributed by atoms with Gasteiger partial charge in [-0.05, 0) is 52.6 Å². The van der Waals surface area contributed by atoms with E-state index in [0.717, 1.165) is 33.2 Å². The zero-order valence-corrected chi connectivity index (χ0v) is 14.4. The molecule has 0 bridgehead atoms. The molecule has 0 atom stereocenters. The second-order valence-corrected chi connectivity index (χ2v) is 6.42. The van der Waals surface area contributed by atoms with Gasteiger partial charge in [0.2, 0.25) is 0 Å². The number of halogens is 1. The molecular weight excluding hydrogens is 346 g/mol. The lowest BCUT2D eigenvalue weighted by Gasteiger charge is -2.08. The third-order valence-corrected chi connectivity index (χ3v) is 4.60. The Morgan fingerprint density at radius 2 is 1.42 bits per heavy atom. The molecule has 0 aliphatic rings. The van der Waals surface area contributed by atoms with Crippen LogP contribution in [0.25, 0.3) is 33.2 Å². The van der Waals surface area contributed by atoms with E-state index in [1.165, 1.54) is 0 Å². The van der Waals surface area contributed by atoms with Gasteiger partial charge in [-0.1, -0.05) is 54.1 Å². The molecule has 0 aliphatic heterocycles. The molecule has 126 valence electrons. The van der Waals surface area contributed by atoms with Crippen LogP contribution in [-0.2, 0) is 0 Å². The molecule has 0 fully saturated rings. The fourth-order valence-electron chi connectivity index (χ4n) is 3.02. The van der Waals surface area contributed by atoms with Crippen LogP contribution in [0.15, 0.2) is 79.0 Å². The highest BCUT2D eigenvalue weighted by Gasteiger charge is 2.07. The standard InChI is InChI=1S/C22H14ClNO2/c23-18-9-10-20-19(11-12-24-21(20)13-18)16-5-1-14(2-6-16)15-3-7-17(8-4-15)22(25)26/h1-13H,(H,25,26). The van der Waals surface area contributed by atoms with E-state index in [9.17, 15) is 4.79 Å². The number of aromatic carboxylic acids is 1. The lowest BCUT2D eigenvalue weighted by atomic mass is 9.98. The van der Waals surface area contributed by atoms with Crippen molar-refractivity contribution < 1.29 is 9.90 Å². The van der Waals surface area contributed by atoms with Gasteiger partial charge in [-0.3, -0.25) is 4.98 Å². The molecule has 1 aromatic heterocycles. The van der Waals surface area contributed by atoms with Gasteiger partial charge in [-0.15, -0.1) is 0 Å². The number of nitrogens with zero attached hydrogens (tertiary/aromatic N) is 1. The largest absolute Gasteiger partial charge is 0.478 e. The summed E-state index contributed by atoms with van der Waals surface area (Å²) in [4.78, 5) is 15.3. The third-order valence-electron chi connectivity index (χ3n) is 4.37. The van der Waals surface area contributed by atoms with Crippen molar-refractivity contribution in [3.8, 4) is 22.3 Å². The van der Waals surface area contributed by atoms with E-state index in [1.54, 1.807) is 18.3 Å². The zero-order chi connectivity index (χ0) is 18.1. The fourth-order valence-corrected chi connectivity index (χ4v) is 3.19. The lowest BCUT2D eigenvalue weighted by Crippen LogP contribution is -1.94. The third kappa shape index (κ3) is 3.05. The number of carboxylic acid groups (broad SMARTS) is 1. The summed E-state index contributed by atoms with van der Waals surface area (Å²) < 4.78 is 0. The Balaban J connectivity index is 1.71. The fraction of sp³-hybridized carbons (Fsp3) is 0. The Hall–Kier alpha value is -3.17. The summed E-state index contributed by atoms with van der Waals surface area (Å²) in [6.45, 7) is 0. The van der Waals surface area contributed by atoms with Gasteiger partial charge in [0.25, 0.3) is 0 Å². The summed E-state index contributed by atoms with van der Waals surface area (Å²) in [6.07, 6.45) is 1.78. The second-order valence-electron chi connectivity index (χ2n) is 5.98. The van der Waals surface area contributed by atoms with Gasteiger partial charge in [0, 0.05) is 16.6 Å². The first-order valence-corrected chi connectivity index (χ1v) is 8.48. The van der Waals surface area contributed by atoms with Crippen molar-refractivity contribution in [2.45, 2.75) is 0 Å². The summed E-state index contributed by atoms with van der Waals surface area (Å²) in [5.74, 6) is -0.920.